The van der Waals surface area contributed by atoms with Gasteiger partial charge >= 0.3 is 0 Å². The number of anilines is 1. The number of nitrogens with one attached hydrogen (secondary N) is 1. The molecule has 1 aromatic heterocycles. The van der Waals surface area contributed by atoms with Gasteiger partial charge in [0.15, 0.2) is 6.29 Å². The topological polar surface area (TPSA) is 79.4 Å². The molecule has 156 valence electrons. The van der Waals surface area contributed by atoms with E-state index in [2.05, 4.69) is 15.2 Å². The standard InChI is InChI=1S/C22H21F2N3O3/c23-17-9-15(10-18(24)21(17)16-2-4-20(29)26-22(16)30)14-5-7-27(8-6-14)19-3-1-13(12-28)11-25-19/h1,3,9-12,14,16H,2,4-8H2,(H,26,29,30). The molecule has 0 saturated carbocycles. The fourth-order valence-corrected chi connectivity index (χ4v) is 4.24. The molecule has 2 fully saturated rings. The summed E-state index contributed by atoms with van der Waals surface area (Å²) >= 11 is 0. The van der Waals surface area contributed by atoms with Gasteiger partial charge in [0.25, 0.3) is 0 Å². The smallest absolute Gasteiger partial charge is 0.234 e. The van der Waals surface area contributed by atoms with Crippen LogP contribution in [0.5, 0.6) is 0 Å². The summed E-state index contributed by atoms with van der Waals surface area (Å²) < 4.78 is 29.6. The van der Waals surface area contributed by atoms with Crippen molar-refractivity contribution < 1.29 is 23.2 Å². The van der Waals surface area contributed by atoms with Crippen LogP contribution in [0, 0.1) is 11.6 Å². The van der Waals surface area contributed by atoms with Crippen molar-refractivity contribution in [3.05, 3.63) is 58.8 Å². The lowest BCUT2D eigenvalue weighted by Crippen LogP contribution is -2.40. The summed E-state index contributed by atoms with van der Waals surface area (Å²) in [5.74, 6) is -2.78. The molecule has 8 heteroatoms. The third-order valence-corrected chi connectivity index (χ3v) is 5.89. The fourth-order valence-electron chi connectivity index (χ4n) is 4.24. The van der Waals surface area contributed by atoms with Gasteiger partial charge in [0.1, 0.15) is 17.5 Å². The third-order valence-electron chi connectivity index (χ3n) is 5.89. The number of carbonyl (C=O) groups excluding carboxylic acids is 3. The molecule has 1 unspecified atom stereocenters. The van der Waals surface area contributed by atoms with Crippen LogP contribution in [0.1, 0.15) is 59.0 Å². The molecule has 30 heavy (non-hydrogen) atoms. The molecule has 1 aromatic carbocycles. The number of aromatic nitrogens is 1. The van der Waals surface area contributed by atoms with Crippen LogP contribution in [-0.4, -0.2) is 36.2 Å². The second-order valence-corrected chi connectivity index (χ2v) is 7.73. The number of halogens is 2. The van der Waals surface area contributed by atoms with E-state index in [1.165, 1.54) is 18.3 Å². The first-order chi connectivity index (χ1) is 14.5. The van der Waals surface area contributed by atoms with Crippen LogP contribution in [0.15, 0.2) is 30.5 Å². The Balaban J connectivity index is 1.47. The molecule has 1 N–H and O–H groups in total. The summed E-state index contributed by atoms with van der Waals surface area (Å²) in [5, 5.41) is 2.15. The van der Waals surface area contributed by atoms with Crippen LogP contribution >= 0.6 is 0 Å². The van der Waals surface area contributed by atoms with E-state index in [0.717, 1.165) is 12.1 Å². The number of piperidine rings is 2. The molecule has 2 saturated heterocycles. The van der Waals surface area contributed by atoms with Gasteiger partial charge < -0.3 is 4.90 Å². The molecule has 4 rings (SSSR count). The Morgan fingerprint density at radius 3 is 2.33 bits per heavy atom. The van der Waals surface area contributed by atoms with Crippen molar-refractivity contribution in [3.8, 4) is 0 Å². The summed E-state index contributed by atoms with van der Waals surface area (Å²) in [5.41, 5.74) is 0.821. The lowest BCUT2D eigenvalue weighted by molar-refractivity contribution is -0.134. The Morgan fingerprint density at radius 2 is 1.77 bits per heavy atom. The number of aldehydes is 1. The number of benzene rings is 1. The van der Waals surface area contributed by atoms with E-state index >= 15 is 0 Å². The normalized spacial score (nSPS) is 20.2. The average Bonchev–Trinajstić information content (AvgIpc) is 2.75. The SMILES string of the molecule is O=Cc1ccc(N2CCC(c3cc(F)c(C4CCC(=O)NC4=O)c(F)c3)CC2)nc1. The Labute approximate surface area is 172 Å². The first kappa shape index (κ1) is 20.1. The molecule has 3 heterocycles. The monoisotopic (exact) mass is 413 g/mol. The number of hydrogen-bond acceptors (Lipinski definition) is 5. The molecular weight excluding hydrogens is 392 g/mol. The minimum absolute atomic E-state index is 0.00434. The predicted molar refractivity (Wildman–Crippen MR) is 105 cm³/mol. The van der Waals surface area contributed by atoms with Gasteiger partial charge in [0, 0.05) is 36.8 Å². The van der Waals surface area contributed by atoms with E-state index in [1.54, 1.807) is 12.1 Å². The van der Waals surface area contributed by atoms with Crippen molar-refractivity contribution >= 4 is 23.9 Å². The van der Waals surface area contributed by atoms with Crippen LogP contribution in [0.4, 0.5) is 14.6 Å². The van der Waals surface area contributed by atoms with Gasteiger partial charge in [-0.2, -0.15) is 0 Å². The number of carbonyl (C=O) groups is 3. The Kier molecular flexibility index (Phi) is 5.57. The molecule has 2 aliphatic heterocycles. The molecule has 0 aliphatic carbocycles. The van der Waals surface area contributed by atoms with E-state index in [-0.39, 0.29) is 24.3 Å². The van der Waals surface area contributed by atoms with Crippen molar-refractivity contribution in [2.24, 2.45) is 0 Å². The first-order valence-electron chi connectivity index (χ1n) is 9.95. The van der Waals surface area contributed by atoms with Gasteiger partial charge in [-0.15, -0.1) is 0 Å². The summed E-state index contributed by atoms with van der Waals surface area (Å²) in [7, 11) is 0. The van der Waals surface area contributed by atoms with Crippen molar-refractivity contribution in [3.63, 3.8) is 0 Å². The fraction of sp³-hybridized carbons (Fsp3) is 0.364. The van der Waals surface area contributed by atoms with Crippen LogP contribution in [-0.2, 0) is 9.59 Å². The largest absolute Gasteiger partial charge is 0.357 e. The van der Waals surface area contributed by atoms with E-state index in [4.69, 9.17) is 0 Å². The van der Waals surface area contributed by atoms with Gasteiger partial charge in [-0.1, -0.05) is 0 Å². The maximum Gasteiger partial charge on any atom is 0.234 e. The maximum atomic E-state index is 14.8. The number of rotatable bonds is 4. The highest BCUT2D eigenvalue weighted by molar-refractivity contribution is 6.01. The maximum absolute atomic E-state index is 14.8. The highest BCUT2D eigenvalue weighted by Crippen LogP contribution is 2.35. The van der Waals surface area contributed by atoms with Crippen LogP contribution in [0.25, 0.3) is 0 Å². The van der Waals surface area contributed by atoms with E-state index in [0.29, 0.717) is 37.1 Å². The molecule has 6 nitrogen and oxygen atoms in total. The number of hydrogen-bond donors (Lipinski definition) is 1. The molecule has 2 amide bonds. The Morgan fingerprint density at radius 1 is 1.07 bits per heavy atom. The molecule has 0 radical (unpaired) electrons. The lowest BCUT2D eigenvalue weighted by atomic mass is 9.85. The van der Waals surface area contributed by atoms with Gasteiger partial charge in [0.2, 0.25) is 11.8 Å². The minimum Gasteiger partial charge on any atom is -0.357 e. The summed E-state index contributed by atoms with van der Waals surface area (Å²) in [6, 6.07) is 6.14. The summed E-state index contributed by atoms with van der Waals surface area (Å²) in [6.07, 6.45) is 3.84. The number of imide groups is 1. The zero-order valence-corrected chi connectivity index (χ0v) is 16.2. The third kappa shape index (κ3) is 3.94. The Hall–Kier alpha value is -3.16. The van der Waals surface area contributed by atoms with Crippen LogP contribution in [0.3, 0.4) is 0 Å². The summed E-state index contributed by atoms with van der Waals surface area (Å²) in [6.45, 7) is 1.35. The minimum atomic E-state index is -0.987. The van der Waals surface area contributed by atoms with Gasteiger partial charge in [-0.05, 0) is 55.0 Å². The highest BCUT2D eigenvalue weighted by Gasteiger charge is 2.33. The average molecular weight is 413 g/mol. The molecule has 2 aromatic rings. The van der Waals surface area contributed by atoms with E-state index in [1.807, 2.05) is 0 Å². The first-order valence-corrected chi connectivity index (χ1v) is 9.95. The summed E-state index contributed by atoms with van der Waals surface area (Å²) in [4.78, 5) is 40.4. The molecule has 0 spiro atoms. The van der Waals surface area contributed by atoms with Gasteiger partial charge in [-0.3, -0.25) is 19.7 Å². The zero-order chi connectivity index (χ0) is 21.3. The quantitative estimate of drug-likeness (QED) is 0.616. The van der Waals surface area contributed by atoms with E-state index in [9.17, 15) is 23.2 Å². The number of nitrogens with zero attached hydrogens (tertiary/aromatic N) is 2. The molecule has 1 atom stereocenters. The Bertz CT molecular complexity index is 963. The molecular formula is C22H21F2N3O3. The number of pyridine rings is 1. The van der Waals surface area contributed by atoms with Gasteiger partial charge in [-0.25, -0.2) is 13.8 Å². The van der Waals surface area contributed by atoms with Crippen molar-refractivity contribution in [2.75, 3.05) is 18.0 Å². The molecule has 2 aliphatic rings. The highest BCUT2D eigenvalue weighted by atomic mass is 19.1. The second kappa shape index (κ2) is 8.30. The number of amides is 2. The van der Waals surface area contributed by atoms with Crippen molar-refractivity contribution in [1.82, 2.24) is 10.3 Å². The second-order valence-electron chi connectivity index (χ2n) is 7.73. The lowest BCUT2D eigenvalue weighted by Gasteiger charge is -2.33. The predicted octanol–water partition coefficient (Wildman–Crippen LogP) is 3.08. The van der Waals surface area contributed by atoms with E-state index < -0.39 is 29.4 Å². The van der Waals surface area contributed by atoms with Crippen LogP contribution in [0.2, 0.25) is 0 Å². The molecule has 0 bridgehead atoms. The van der Waals surface area contributed by atoms with Gasteiger partial charge in [0.05, 0.1) is 5.92 Å². The van der Waals surface area contributed by atoms with Crippen LogP contribution < -0.4 is 10.2 Å². The zero-order valence-electron chi connectivity index (χ0n) is 16.2. The van der Waals surface area contributed by atoms with Crippen molar-refractivity contribution in [1.29, 1.82) is 0 Å². The van der Waals surface area contributed by atoms with Crippen molar-refractivity contribution in [2.45, 2.75) is 37.5 Å².